The van der Waals surface area contributed by atoms with E-state index in [9.17, 15) is 0 Å². The van der Waals surface area contributed by atoms with E-state index in [1.54, 1.807) is 18.4 Å². The standard InChI is InChI=1S/C20H17N3O2/c1-3-8-15(9-4-1)19(16-10-5-2-6-11-16)21-14-18-22-23-20(25-18)17-12-7-13-24-17/h1-13,19,21H,14H2/p+1. The van der Waals surface area contributed by atoms with Gasteiger partial charge in [0.25, 0.3) is 11.8 Å². The van der Waals surface area contributed by atoms with Gasteiger partial charge in [-0.25, -0.2) is 0 Å². The summed E-state index contributed by atoms with van der Waals surface area (Å²) < 4.78 is 11.0. The highest BCUT2D eigenvalue weighted by Gasteiger charge is 2.19. The number of rotatable bonds is 6. The van der Waals surface area contributed by atoms with Crippen LogP contribution in [0.4, 0.5) is 0 Å². The zero-order valence-corrected chi connectivity index (χ0v) is 13.6. The molecule has 0 radical (unpaired) electrons. The first-order valence-electron chi connectivity index (χ1n) is 8.19. The molecule has 2 aromatic carbocycles. The van der Waals surface area contributed by atoms with E-state index in [-0.39, 0.29) is 6.04 Å². The molecule has 0 unspecified atom stereocenters. The van der Waals surface area contributed by atoms with Crippen molar-refractivity contribution in [1.29, 1.82) is 0 Å². The summed E-state index contributed by atoms with van der Waals surface area (Å²) in [6, 6.07) is 24.6. The van der Waals surface area contributed by atoms with E-state index >= 15 is 0 Å². The summed E-state index contributed by atoms with van der Waals surface area (Å²) in [7, 11) is 0. The first-order valence-corrected chi connectivity index (χ1v) is 8.19. The first kappa shape index (κ1) is 15.4. The number of aromatic nitrogens is 2. The minimum atomic E-state index is 0.168. The summed E-state index contributed by atoms with van der Waals surface area (Å²) in [5, 5.41) is 10.4. The van der Waals surface area contributed by atoms with Crippen molar-refractivity contribution in [2.24, 2.45) is 0 Å². The van der Waals surface area contributed by atoms with Gasteiger partial charge >= 0.3 is 0 Å². The van der Waals surface area contributed by atoms with Gasteiger partial charge in [-0.1, -0.05) is 60.7 Å². The molecule has 0 amide bonds. The first-order chi connectivity index (χ1) is 12.4. The molecule has 0 saturated heterocycles. The van der Waals surface area contributed by atoms with Crippen LogP contribution < -0.4 is 5.32 Å². The predicted octanol–water partition coefficient (Wildman–Crippen LogP) is 3.18. The third-order valence-electron chi connectivity index (χ3n) is 4.04. The molecule has 0 aliphatic heterocycles. The number of furan rings is 1. The minimum Gasteiger partial charge on any atom is -0.459 e. The number of benzene rings is 2. The van der Waals surface area contributed by atoms with Gasteiger partial charge in [-0.3, -0.25) is 0 Å². The Morgan fingerprint density at radius 2 is 1.48 bits per heavy atom. The molecule has 0 aliphatic carbocycles. The van der Waals surface area contributed by atoms with E-state index in [2.05, 4.69) is 64.0 Å². The Morgan fingerprint density at radius 3 is 2.08 bits per heavy atom. The van der Waals surface area contributed by atoms with Gasteiger partial charge in [-0.15, -0.1) is 10.2 Å². The van der Waals surface area contributed by atoms with Crippen molar-refractivity contribution < 1.29 is 14.2 Å². The predicted molar refractivity (Wildman–Crippen MR) is 92.4 cm³/mol. The van der Waals surface area contributed by atoms with Gasteiger partial charge in [0, 0.05) is 11.1 Å². The van der Waals surface area contributed by atoms with Gasteiger partial charge in [0.15, 0.2) is 12.3 Å². The third kappa shape index (κ3) is 3.51. The van der Waals surface area contributed by atoms with Crippen molar-refractivity contribution in [3.8, 4) is 11.7 Å². The van der Waals surface area contributed by atoms with Crippen LogP contribution in [0.5, 0.6) is 0 Å². The van der Waals surface area contributed by atoms with Gasteiger partial charge in [0.1, 0.15) is 6.04 Å². The molecule has 4 aromatic rings. The Bertz CT molecular complexity index is 863. The van der Waals surface area contributed by atoms with Crippen LogP contribution in [0, 0.1) is 0 Å². The quantitative estimate of drug-likeness (QED) is 0.589. The molecule has 2 aromatic heterocycles. The van der Waals surface area contributed by atoms with Crippen LogP contribution in [0.2, 0.25) is 0 Å². The number of nitrogens with zero attached hydrogens (tertiary/aromatic N) is 2. The maximum absolute atomic E-state index is 5.70. The summed E-state index contributed by atoms with van der Waals surface area (Å²) in [5.74, 6) is 1.56. The van der Waals surface area contributed by atoms with Gasteiger partial charge in [-0.2, -0.15) is 0 Å². The lowest BCUT2D eigenvalue weighted by Gasteiger charge is -2.15. The molecule has 0 atom stereocenters. The minimum absolute atomic E-state index is 0.168. The smallest absolute Gasteiger partial charge is 0.283 e. The highest BCUT2D eigenvalue weighted by atomic mass is 16.4. The molecule has 124 valence electrons. The largest absolute Gasteiger partial charge is 0.459 e. The summed E-state index contributed by atoms with van der Waals surface area (Å²) in [6.45, 7) is 0.585. The van der Waals surface area contributed by atoms with Crippen molar-refractivity contribution in [2.75, 3.05) is 0 Å². The average molecular weight is 332 g/mol. The molecule has 0 bridgehead atoms. The van der Waals surface area contributed by atoms with Crippen LogP contribution >= 0.6 is 0 Å². The van der Waals surface area contributed by atoms with E-state index in [1.165, 1.54) is 11.1 Å². The second-order valence-electron chi connectivity index (χ2n) is 5.72. The Morgan fingerprint density at radius 1 is 0.800 bits per heavy atom. The van der Waals surface area contributed by atoms with Crippen LogP contribution in [0.15, 0.2) is 87.9 Å². The van der Waals surface area contributed by atoms with Gasteiger partial charge in [-0.05, 0) is 12.1 Å². The summed E-state index contributed by atoms with van der Waals surface area (Å²) in [5.41, 5.74) is 2.47. The van der Waals surface area contributed by atoms with Gasteiger partial charge < -0.3 is 14.2 Å². The third-order valence-corrected chi connectivity index (χ3v) is 4.04. The number of hydrogen-bond acceptors (Lipinski definition) is 4. The van der Waals surface area contributed by atoms with Crippen LogP contribution in [-0.4, -0.2) is 10.2 Å². The van der Waals surface area contributed by atoms with Crippen LogP contribution in [0.3, 0.4) is 0 Å². The maximum Gasteiger partial charge on any atom is 0.283 e. The van der Waals surface area contributed by atoms with E-state index in [0.717, 1.165) is 0 Å². The number of hydrogen-bond donors (Lipinski definition) is 1. The fourth-order valence-corrected chi connectivity index (χ4v) is 2.84. The molecule has 0 aliphatic rings. The van der Waals surface area contributed by atoms with Crippen molar-refractivity contribution in [2.45, 2.75) is 12.6 Å². The Hall–Kier alpha value is -3.18. The molecule has 2 heterocycles. The van der Waals surface area contributed by atoms with Crippen molar-refractivity contribution in [1.82, 2.24) is 10.2 Å². The highest BCUT2D eigenvalue weighted by molar-refractivity contribution is 5.42. The second kappa shape index (κ2) is 7.15. The topological polar surface area (TPSA) is 68.7 Å². The Labute approximate surface area is 145 Å². The van der Waals surface area contributed by atoms with Crippen molar-refractivity contribution in [3.63, 3.8) is 0 Å². The lowest BCUT2D eigenvalue weighted by Crippen LogP contribution is -2.84. The summed E-state index contributed by atoms with van der Waals surface area (Å²) >= 11 is 0. The Balaban J connectivity index is 1.54. The van der Waals surface area contributed by atoms with Crippen LogP contribution in [-0.2, 0) is 6.54 Å². The summed E-state index contributed by atoms with van der Waals surface area (Å²) in [4.78, 5) is 0. The fraction of sp³-hybridized carbons (Fsp3) is 0.100. The molecular formula is C20H18N3O2+. The Kier molecular flexibility index (Phi) is 4.39. The normalized spacial score (nSPS) is 11.1. The molecule has 0 fully saturated rings. The zero-order valence-electron chi connectivity index (χ0n) is 13.6. The molecule has 5 heteroatoms. The molecule has 0 saturated carbocycles. The van der Waals surface area contributed by atoms with E-state index in [4.69, 9.17) is 8.83 Å². The van der Waals surface area contributed by atoms with Gasteiger partial charge in [0.05, 0.1) is 6.26 Å². The highest BCUT2D eigenvalue weighted by Crippen LogP contribution is 2.19. The van der Waals surface area contributed by atoms with E-state index < -0.39 is 0 Å². The molecule has 5 nitrogen and oxygen atoms in total. The lowest BCUT2D eigenvalue weighted by atomic mass is 9.99. The molecular weight excluding hydrogens is 314 g/mol. The maximum atomic E-state index is 5.70. The fourth-order valence-electron chi connectivity index (χ4n) is 2.84. The van der Waals surface area contributed by atoms with Crippen LogP contribution in [0.1, 0.15) is 23.1 Å². The molecule has 2 N–H and O–H groups in total. The SMILES string of the molecule is c1ccc(C([NH2+]Cc2nnc(-c3ccco3)o2)c2ccccc2)cc1. The van der Waals surface area contributed by atoms with Gasteiger partial charge in [0.2, 0.25) is 0 Å². The molecule has 0 spiro atoms. The lowest BCUT2D eigenvalue weighted by molar-refractivity contribution is -0.704. The van der Waals surface area contributed by atoms with Crippen LogP contribution in [0.25, 0.3) is 11.7 Å². The number of nitrogens with two attached hydrogens (primary N) is 1. The average Bonchev–Trinajstić information content (AvgIpc) is 3.35. The molecule has 25 heavy (non-hydrogen) atoms. The van der Waals surface area contributed by atoms with E-state index in [1.807, 2.05) is 12.1 Å². The monoisotopic (exact) mass is 332 g/mol. The van der Waals surface area contributed by atoms with Crippen molar-refractivity contribution in [3.05, 3.63) is 96.1 Å². The zero-order chi connectivity index (χ0) is 16.9. The van der Waals surface area contributed by atoms with Crippen molar-refractivity contribution >= 4 is 0 Å². The van der Waals surface area contributed by atoms with E-state index in [0.29, 0.717) is 24.1 Å². The number of quaternary nitrogens is 1. The molecule has 4 rings (SSSR count). The summed E-state index contributed by atoms with van der Waals surface area (Å²) in [6.07, 6.45) is 1.59. The second-order valence-corrected chi connectivity index (χ2v) is 5.72.